The maximum Gasteiger partial charge on any atom is 0.0358 e. The van der Waals surface area contributed by atoms with Gasteiger partial charge in [0.2, 0.25) is 0 Å². The molecular formula is C13H29N3. The van der Waals surface area contributed by atoms with Crippen LogP contribution < -0.4 is 5.73 Å². The van der Waals surface area contributed by atoms with Gasteiger partial charge in [0.05, 0.1) is 0 Å². The molecule has 3 nitrogen and oxygen atoms in total. The smallest absolute Gasteiger partial charge is 0.0358 e. The fourth-order valence-corrected chi connectivity index (χ4v) is 2.93. The zero-order valence-corrected chi connectivity index (χ0v) is 11.5. The summed E-state index contributed by atoms with van der Waals surface area (Å²) in [4.78, 5) is 5.05. The Balaban J connectivity index is 2.75. The van der Waals surface area contributed by atoms with Crippen LogP contribution in [0.1, 0.15) is 40.0 Å². The SMILES string of the molecule is CCCN(C(C)C)C1(CN)CCN(C)CC1. The Morgan fingerprint density at radius 2 is 1.88 bits per heavy atom. The Morgan fingerprint density at radius 3 is 2.25 bits per heavy atom. The van der Waals surface area contributed by atoms with Gasteiger partial charge in [-0.1, -0.05) is 6.92 Å². The molecule has 1 heterocycles. The van der Waals surface area contributed by atoms with Crippen molar-refractivity contribution in [2.75, 3.05) is 33.2 Å². The number of nitrogens with two attached hydrogens (primary N) is 1. The molecule has 16 heavy (non-hydrogen) atoms. The summed E-state index contributed by atoms with van der Waals surface area (Å²) < 4.78 is 0. The second-order valence-corrected chi connectivity index (χ2v) is 5.52. The summed E-state index contributed by atoms with van der Waals surface area (Å²) >= 11 is 0. The maximum absolute atomic E-state index is 6.09. The van der Waals surface area contributed by atoms with Gasteiger partial charge in [-0.05, 0) is 59.8 Å². The molecule has 0 aliphatic carbocycles. The van der Waals surface area contributed by atoms with Crippen LogP contribution in [0.15, 0.2) is 0 Å². The van der Waals surface area contributed by atoms with E-state index in [-0.39, 0.29) is 5.54 Å². The van der Waals surface area contributed by atoms with E-state index in [0.717, 1.165) is 6.54 Å². The third-order valence-corrected chi connectivity index (χ3v) is 3.99. The van der Waals surface area contributed by atoms with E-state index in [0.29, 0.717) is 6.04 Å². The quantitative estimate of drug-likeness (QED) is 0.773. The van der Waals surface area contributed by atoms with Crippen molar-refractivity contribution in [2.45, 2.75) is 51.6 Å². The summed E-state index contributed by atoms with van der Waals surface area (Å²) in [6.07, 6.45) is 3.66. The van der Waals surface area contributed by atoms with Gasteiger partial charge >= 0.3 is 0 Å². The summed E-state index contributed by atoms with van der Waals surface area (Å²) in [5, 5.41) is 0. The summed E-state index contributed by atoms with van der Waals surface area (Å²) in [7, 11) is 2.21. The lowest BCUT2D eigenvalue weighted by Gasteiger charge is -2.50. The Labute approximate surface area is 101 Å². The Kier molecular flexibility index (Phi) is 5.22. The van der Waals surface area contributed by atoms with Crippen LogP contribution in [-0.4, -0.2) is 54.6 Å². The Bertz CT molecular complexity index is 195. The van der Waals surface area contributed by atoms with Crippen molar-refractivity contribution in [1.82, 2.24) is 9.80 Å². The normalized spacial score (nSPS) is 21.9. The molecule has 0 unspecified atom stereocenters. The summed E-state index contributed by atoms with van der Waals surface area (Å²) in [6, 6.07) is 0.604. The topological polar surface area (TPSA) is 32.5 Å². The highest BCUT2D eigenvalue weighted by atomic mass is 15.3. The van der Waals surface area contributed by atoms with Crippen LogP contribution in [0.5, 0.6) is 0 Å². The van der Waals surface area contributed by atoms with Gasteiger partial charge in [0.25, 0.3) is 0 Å². The molecule has 1 fully saturated rings. The first-order valence-corrected chi connectivity index (χ1v) is 6.71. The van der Waals surface area contributed by atoms with Crippen molar-refractivity contribution in [1.29, 1.82) is 0 Å². The lowest BCUT2D eigenvalue weighted by molar-refractivity contribution is 0.0114. The van der Waals surface area contributed by atoms with Crippen molar-refractivity contribution >= 4 is 0 Å². The van der Waals surface area contributed by atoms with Crippen LogP contribution in [0.4, 0.5) is 0 Å². The maximum atomic E-state index is 6.09. The molecule has 96 valence electrons. The predicted molar refractivity (Wildman–Crippen MR) is 70.6 cm³/mol. The minimum absolute atomic E-state index is 0.261. The van der Waals surface area contributed by atoms with E-state index in [9.17, 15) is 0 Å². The van der Waals surface area contributed by atoms with Crippen molar-refractivity contribution in [3.8, 4) is 0 Å². The van der Waals surface area contributed by atoms with Gasteiger partial charge in [0, 0.05) is 18.1 Å². The zero-order valence-electron chi connectivity index (χ0n) is 11.5. The largest absolute Gasteiger partial charge is 0.329 e. The Morgan fingerprint density at radius 1 is 1.31 bits per heavy atom. The predicted octanol–water partition coefficient (Wildman–Crippen LogP) is 1.53. The van der Waals surface area contributed by atoms with E-state index >= 15 is 0 Å². The number of hydrogen-bond acceptors (Lipinski definition) is 3. The molecule has 1 rings (SSSR count). The van der Waals surface area contributed by atoms with Gasteiger partial charge in [0.15, 0.2) is 0 Å². The van der Waals surface area contributed by atoms with E-state index in [1.807, 2.05) is 0 Å². The number of nitrogens with zero attached hydrogens (tertiary/aromatic N) is 2. The van der Waals surface area contributed by atoms with Gasteiger partial charge in [-0.25, -0.2) is 0 Å². The Hall–Kier alpha value is -0.120. The van der Waals surface area contributed by atoms with Crippen molar-refractivity contribution < 1.29 is 0 Å². The molecule has 0 bridgehead atoms. The van der Waals surface area contributed by atoms with E-state index in [1.165, 1.54) is 38.9 Å². The molecule has 0 radical (unpaired) electrons. The second kappa shape index (κ2) is 5.99. The lowest BCUT2D eigenvalue weighted by atomic mass is 9.84. The van der Waals surface area contributed by atoms with Crippen LogP contribution in [0.3, 0.4) is 0 Å². The van der Waals surface area contributed by atoms with Gasteiger partial charge in [-0.3, -0.25) is 4.90 Å². The number of likely N-dealkylation sites (tertiary alicyclic amines) is 1. The molecule has 0 aromatic rings. The number of hydrogen-bond donors (Lipinski definition) is 1. The zero-order chi connectivity index (χ0) is 12.2. The highest BCUT2D eigenvalue weighted by Crippen LogP contribution is 2.29. The first kappa shape index (κ1) is 13.9. The third kappa shape index (κ3) is 2.96. The summed E-state index contributed by atoms with van der Waals surface area (Å²) in [6.45, 7) is 11.2. The minimum Gasteiger partial charge on any atom is -0.329 e. The van der Waals surface area contributed by atoms with Crippen molar-refractivity contribution in [3.63, 3.8) is 0 Å². The third-order valence-electron chi connectivity index (χ3n) is 3.99. The van der Waals surface area contributed by atoms with Crippen molar-refractivity contribution in [3.05, 3.63) is 0 Å². The standard InChI is InChI=1S/C13H29N3/c1-5-8-16(12(2)3)13(11-14)6-9-15(4)10-7-13/h12H,5-11,14H2,1-4H3. The van der Waals surface area contributed by atoms with E-state index in [4.69, 9.17) is 5.73 Å². The average molecular weight is 227 g/mol. The summed E-state index contributed by atoms with van der Waals surface area (Å²) in [5.74, 6) is 0. The molecule has 0 aromatic heterocycles. The van der Waals surface area contributed by atoms with E-state index in [2.05, 4.69) is 37.6 Å². The molecule has 1 aliphatic rings. The van der Waals surface area contributed by atoms with E-state index < -0.39 is 0 Å². The van der Waals surface area contributed by atoms with E-state index in [1.54, 1.807) is 0 Å². The van der Waals surface area contributed by atoms with Gasteiger partial charge in [-0.15, -0.1) is 0 Å². The molecule has 0 spiro atoms. The highest BCUT2D eigenvalue weighted by Gasteiger charge is 2.38. The van der Waals surface area contributed by atoms with Crippen LogP contribution in [0.25, 0.3) is 0 Å². The molecule has 0 atom stereocenters. The van der Waals surface area contributed by atoms with Gasteiger partial charge < -0.3 is 10.6 Å². The monoisotopic (exact) mass is 227 g/mol. The lowest BCUT2D eigenvalue weighted by Crippen LogP contribution is -2.61. The fourth-order valence-electron chi connectivity index (χ4n) is 2.93. The van der Waals surface area contributed by atoms with Gasteiger partial charge in [-0.2, -0.15) is 0 Å². The minimum atomic E-state index is 0.261. The molecule has 2 N–H and O–H groups in total. The first-order chi connectivity index (χ1) is 7.55. The van der Waals surface area contributed by atoms with Crippen LogP contribution in [-0.2, 0) is 0 Å². The van der Waals surface area contributed by atoms with Gasteiger partial charge in [0.1, 0.15) is 0 Å². The average Bonchev–Trinajstić information content (AvgIpc) is 2.28. The van der Waals surface area contributed by atoms with Crippen LogP contribution in [0, 0.1) is 0 Å². The highest BCUT2D eigenvalue weighted by molar-refractivity contribution is 4.96. The molecule has 3 heteroatoms. The molecule has 1 aliphatic heterocycles. The first-order valence-electron chi connectivity index (χ1n) is 6.71. The molecule has 0 aromatic carbocycles. The number of piperidine rings is 1. The molecule has 1 saturated heterocycles. The molecule has 0 amide bonds. The number of rotatable bonds is 5. The van der Waals surface area contributed by atoms with Crippen LogP contribution >= 0.6 is 0 Å². The summed E-state index contributed by atoms with van der Waals surface area (Å²) in [5.41, 5.74) is 6.35. The van der Waals surface area contributed by atoms with Crippen LogP contribution in [0.2, 0.25) is 0 Å². The molecule has 0 saturated carbocycles. The fraction of sp³-hybridized carbons (Fsp3) is 1.00. The molecular weight excluding hydrogens is 198 g/mol. The van der Waals surface area contributed by atoms with Crippen molar-refractivity contribution in [2.24, 2.45) is 5.73 Å². The second-order valence-electron chi connectivity index (χ2n) is 5.52.